The van der Waals surface area contributed by atoms with Gasteiger partial charge in [0.25, 0.3) is 5.91 Å². The number of carbonyl (C=O) groups is 3. The van der Waals surface area contributed by atoms with Crippen molar-refractivity contribution in [2.45, 2.75) is 45.6 Å². The summed E-state index contributed by atoms with van der Waals surface area (Å²) in [6, 6.07) is 10.6. The Bertz CT molecular complexity index is 988. The van der Waals surface area contributed by atoms with E-state index in [0.29, 0.717) is 11.3 Å². The Morgan fingerprint density at radius 2 is 1.83 bits per heavy atom. The Morgan fingerprint density at radius 3 is 2.43 bits per heavy atom. The van der Waals surface area contributed by atoms with Crippen molar-refractivity contribution in [1.29, 1.82) is 0 Å². The molecule has 2 aromatic rings. The molecule has 4 amide bonds. The molecule has 0 saturated carbocycles. The Labute approximate surface area is 175 Å². The lowest BCUT2D eigenvalue weighted by Crippen LogP contribution is -2.44. The molecule has 0 radical (unpaired) electrons. The van der Waals surface area contributed by atoms with Crippen LogP contribution in [0.2, 0.25) is 0 Å². The summed E-state index contributed by atoms with van der Waals surface area (Å²) in [4.78, 5) is 39.4. The number of aryl methyl sites for hydroxylation is 1. The number of halogens is 1. The zero-order valence-corrected chi connectivity index (χ0v) is 17.6. The highest BCUT2D eigenvalue weighted by Gasteiger charge is 2.51. The first-order valence-corrected chi connectivity index (χ1v) is 9.99. The van der Waals surface area contributed by atoms with Crippen LogP contribution in [0.25, 0.3) is 0 Å². The molecule has 0 bridgehead atoms. The molecular weight excluding hydrogens is 385 g/mol. The first-order valence-electron chi connectivity index (χ1n) is 9.99. The number of urea groups is 1. The van der Waals surface area contributed by atoms with Crippen molar-refractivity contribution in [1.82, 2.24) is 10.2 Å². The average molecular weight is 411 g/mol. The van der Waals surface area contributed by atoms with Crippen LogP contribution in [0.15, 0.2) is 42.5 Å². The van der Waals surface area contributed by atoms with Crippen molar-refractivity contribution in [2.24, 2.45) is 0 Å². The van der Waals surface area contributed by atoms with E-state index in [0.717, 1.165) is 16.0 Å². The van der Waals surface area contributed by atoms with E-state index in [1.54, 1.807) is 6.92 Å². The molecule has 0 aliphatic carbocycles. The minimum atomic E-state index is -1.31. The molecule has 1 atom stereocenters. The van der Waals surface area contributed by atoms with E-state index in [4.69, 9.17) is 0 Å². The van der Waals surface area contributed by atoms with Gasteiger partial charge in [0.1, 0.15) is 17.9 Å². The van der Waals surface area contributed by atoms with Crippen LogP contribution in [0.3, 0.4) is 0 Å². The van der Waals surface area contributed by atoms with Gasteiger partial charge in [0.05, 0.1) is 0 Å². The quantitative estimate of drug-likeness (QED) is 0.704. The van der Waals surface area contributed by atoms with Crippen LogP contribution < -0.4 is 10.6 Å². The number of rotatable bonds is 6. The number of hydrogen-bond acceptors (Lipinski definition) is 3. The predicted molar refractivity (Wildman–Crippen MR) is 113 cm³/mol. The maximum absolute atomic E-state index is 13.3. The van der Waals surface area contributed by atoms with Gasteiger partial charge in [-0.1, -0.05) is 51.1 Å². The second-order valence-electron chi connectivity index (χ2n) is 7.83. The fraction of sp³-hybridized carbons (Fsp3) is 0.348. The van der Waals surface area contributed by atoms with Crippen molar-refractivity contribution < 1.29 is 18.8 Å². The summed E-state index contributed by atoms with van der Waals surface area (Å²) in [6.45, 7) is 7.30. The van der Waals surface area contributed by atoms with E-state index in [2.05, 4.69) is 10.6 Å². The number of nitrogens with one attached hydrogen (secondary N) is 2. The SMILES string of the molecule is CC[C@@]1(c2ccc(F)cc2)NC(=O)N(CC(=O)Nc2c(C)cccc2C(C)C)C1=O. The number of para-hydroxylation sites is 1. The van der Waals surface area contributed by atoms with Crippen LogP contribution in [0.4, 0.5) is 14.9 Å². The standard InChI is InChI=1S/C23H26FN3O3/c1-5-23(16-9-11-17(24)12-10-16)21(29)27(22(30)26-23)13-19(28)25-20-15(4)7-6-8-18(20)14(2)3/h6-12,14H,5,13H2,1-4H3,(H,25,28)(H,26,30)/t23-/m0/s1. The minimum absolute atomic E-state index is 0.197. The smallest absolute Gasteiger partial charge is 0.324 e. The van der Waals surface area contributed by atoms with Crippen LogP contribution in [0, 0.1) is 12.7 Å². The van der Waals surface area contributed by atoms with Gasteiger partial charge in [0.2, 0.25) is 5.91 Å². The number of amides is 4. The van der Waals surface area contributed by atoms with Gasteiger partial charge in [0, 0.05) is 5.69 Å². The number of benzene rings is 2. The predicted octanol–water partition coefficient (Wildman–Crippen LogP) is 4.05. The highest BCUT2D eigenvalue weighted by Crippen LogP contribution is 2.33. The van der Waals surface area contributed by atoms with Gasteiger partial charge in [-0.3, -0.25) is 14.5 Å². The van der Waals surface area contributed by atoms with Gasteiger partial charge in [-0.2, -0.15) is 0 Å². The normalized spacial score (nSPS) is 18.7. The highest BCUT2D eigenvalue weighted by molar-refractivity contribution is 6.10. The van der Waals surface area contributed by atoms with Gasteiger partial charge in [-0.25, -0.2) is 9.18 Å². The van der Waals surface area contributed by atoms with Crippen molar-refractivity contribution in [3.8, 4) is 0 Å². The van der Waals surface area contributed by atoms with E-state index >= 15 is 0 Å². The van der Waals surface area contributed by atoms with Gasteiger partial charge >= 0.3 is 6.03 Å². The van der Waals surface area contributed by atoms with E-state index in [1.807, 2.05) is 39.0 Å². The van der Waals surface area contributed by atoms with Crippen molar-refractivity contribution in [2.75, 3.05) is 11.9 Å². The molecule has 3 rings (SSSR count). The Balaban J connectivity index is 1.82. The minimum Gasteiger partial charge on any atom is -0.324 e. The van der Waals surface area contributed by atoms with E-state index in [9.17, 15) is 18.8 Å². The van der Waals surface area contributed by atoms with Crippen LogP contribution in [-0.2, 0) is 15.1 Å². The third kappa shape index (κ3) is 3.79. The largest absolute Gasteiger partial charge is 0.325 e. The molecule has 158 valence electrons. The summed E-state index contributed by atoms with van der Waals surface area (Å²) in [6.07, 6.45) is 0.274. The van der Waals surface area contributed by atoms with Gasteiger partial charge in [-0.15, -0.1) is 0 Å². The summed E-state index contributed by atoms with van der Waals surface area (Å²) in [7, 11) is 0. The van der Waals surface area contributed by atoms with Crippen LogP contribution >= 0.6 is 0 Å². The molecule has 2 aromatic carbocycles. The maximum atomic E-state index is 13.3. The fourth-order valence-corrected chi connectivity index (χ4v) is 3.81. The second kappa shape index (κ2) is 8.26. The molecule has 2 N–H and O–H groups in total. The second-order valence-corrected chi connectivity index (χ2v) is 7.83. The summed E-state index contributed by atoms with van der Waals surface area (Å²) < 4.78 is 13.3. The van der Waals surface area contributed by atoms with E-state index in [-0.39, 0.29) is 12.3 Å². The summed E-state index contributed by atoms with van der Waals surface area (Å²) in [5.41, 5.74) is 1.76. The van der Waals surface area contributed by atoms with E-state index < -0.39 is 35.7 Å². The zero-order valence-electron chi connectivity index (χ0n) is 17.6. The number of hydrogen-bond donors (Lipinski definition) is 2. The third-order valence-electron chi connectivity index (χ3n) is 5.54. The molecule has 0 aromatic heterocycles. The molecular formula is C23H26FN3O3. The zero-order chi connectivity index (χ0) is 22.1. The number of carbonyl (C=O) groups excluding carboxylic acids is 3. The molecule has 1 saturated heterocycles. The molecule has 7 heteroatoms. The number of nitrogens with zero attached hydrogens (tertiary/aromatic N) is 1. The summed E-state index contributed by atoms with van der Waals surface area (Å²) >= 11 is 0. The number of imide groups is 1. The Hall–Kier alpha value is -3.22. The Kier molecular flexibility index (Phi) is 5.92. The molecule has 1 heterocycles. The lowest BCUT2D eigenvalue weighted by atomic mass is 9.87. The molecule has 0 spiro atoms. The van der Waals surface area contributed by atoms with Crippen molar-refractivity contribution in [3.63, 3.8) is 0 Å². The van der Waals surface area contributed by atoms with Crippen molar-refractivity contribution in [3.05, 3.63) is 65.0 Å². The highest BCUT2D eigenvalue weighted by atomic mass is 19.1. The lowest BCUT2D eigenvalue weighted by molar-refractivity contribution is -0.134. The Morgan fingerprint density at radius 1 is 1.17 bits per heavy atom. The van der Waals surface area contributed by atoms with Crippen molar-refractivity contribution >= 4 is 23.5 Å². The van der Waals surface area contributed by atoms with Crippen LogP contribution in [0.1, 0.15) is 49.8 Å². The maximum Gasteiger partial charge on any atom is 0.325 e. The third-order valence-corrected chi connectivity index (χ3v) is 5.54. The summed E-state index contributed by atoms with van der Waals surface area (Å²) in [5.74, 6) is -1.22. The first-order chi connectivity index (χ1) is 14.2. The van der Waals surface area contributed by atoms with Gasteiger partial charge in [0.15, 0.2) is 0 Å². The van der Waals surface area contributed by atoms with Crippen LogP contribution in [-0.4, -0.2) is 29.3 Å². The molecule has 1 aliphatic rings. The van der Waals surface area contributed by atoms with Gasteiger partial charge in [-0.05, 0) is 48.1 Å². The summed E-state index contributed by atoms with van der Waals surface area (Å²) in [5, 5.41) is 5.56. The molecule has 6 nitrogen and oxygen atoms in total. The van der Waals surface area contributed by atoms with Gasteiger partial charge < -0.3 is 10.6 Å². The monoisotopic (exact) mass is 411 g/mol. The average Bonchev–Trinajstić information content (AvgIpc) is 2.95. The van der Waals surface area contributed by atoms with E-state index in [1.165, 1.54) is 24.3 Å². The molecule has 0 unspecified atom stereocenters. The molecule has 1 fully saturated rings. The lowest BCUT2D eigenvalue weighted by Gasteiger charge is -2.25. The molecule has 1 aliphatic heterocycles. The van der Waals surface area contributed by atoms with Crippen LogP contribution in [0.5, 0.6) is 0 Å². The molecule has 30 heavy (non-hydrogen) atoms. The first kappa shape index (κ1) is 21.5. The fourth-order valence-electron chi connectivity index (χ4n) is 3.81. The number of anilines is 1. The topological polar surface area (TPSA) is 78.5 Å².